The average Bonchev–Trinajstić information content (AvgIpc) is 2.80. The molecule has 100 valence electrons. The molecule has 0 aromatic carbocycles. The molecule has 1 aromatic heterocycles. The summed E-state index contributed by atoms with van der Waals surface area (Å²) in [4.78, 5) is 18.5. The van der Waals surface area contributed by atoms with Gasteiger partial charge >= 0.3 is 0 Å². The molecule has 2 heterocycles. The maximum absolute atomic E-state index is 12.5. The number of nitrogens with zero attached hydrogens (tertiary/aromatic N) is 2. The fourth-order valence-electron chi connectivity index (χ4n) is 2.49. The van der Waals surface area contributed by atoms with Crippen LogP contribution in [0.1, 0.15) is 32.4 Å². The van der Waals surface area contributed by atoms with Gasteiger partial charge in [-0.25, -0.2) is 4.98 Å². The molecule has 4 nitrogen and oxygen atoms in total. The highest BCUT2D eigenvalue weighted by Crippen LogP contribution is 2.31. The van der Waals surface area contributed by atoms with Gasteiger partial charge in [0.2, 0.25) is 5.91 Å². The maximum Gasteiger partial charge on any atom is 0.240 e. The number of carbonyl (C=O) groups excluding carboxylic acids is 1. The van der Waals surface area contributed by atoms with Crippen LogP contribution < -0.4 is 5.32 Å². The van der Waals surface area contributed by atoms with Gasteiger partial charge < -0.3 is 10.2 Å². The third-order valence-electron chi connectivity index (χ3n) is 3.63. The zero-order chi connectivity index (χ0) is 13.2. The summed E-state index contributed by atoms with van der Waals surface area (Å²) in [5.74, 6) is 0.174. The standard InChI is InChI=1S/C13H21N3OS/c1-13(2)5-4-6-14-11(13)12(17)16(3)7-10-8-18-9-15-10/h8-9,11,14H,4-7H2,1-3H3. The number of rotatable bonds is 3. The molecule has 5 heteroatoms. The molecular formula is C13H21N3OS. The summed E-state index contributed by atoms with van der Waals surface area (Å²) >= 11 is 1.56. The molecule has 1 aliphatic heterocycles. The second-order valence-corrected chi connectivity index (χ2v) is 6.37. The smallest absolute Gasteiger partial charge is 0.240 e. The van der Waals surface area contributed by atoms with E-state index in [2.05, 4.69) is 24.1 Å². The Bertz CT molecular complexity index is 402. The highest BCUT2D eigenvalue weighted by molar-refractivity contribution is 7.07. The first-order chi connectivity index (χ1) is 8.50. The number of nitrogens with one attached hydrogen (secondary N) is 1. The molecule has 0 aliphatic carbocycles. The molecule has 1 saturated heterocycles. The van der Waals surface area contributed by atoms with E-state index in [4.69, 9.17) is 0 Å². The summed E-state index contributed by atoms with van der Waals surface area (Å²) in [6.45, 7) is 5.86. The minimum absolute atomic E-state index is 0.0334. The molecule has 1 fully saturated rings. The van der Waals surface area contributed by atoms with E-state index in [0.717, 1.165) is 25.1 Å². The van der Waals surface area contributed by atoms with E-state index in [1.54, 1.807) is 21.7 Å². The van der Waals surface area contributed by atoms with Crippen LogP contribution in [0.2, 0.25) is 0 Å². The number of carbonyl (C=O) groups is 1. The topological polar surface area (TPSA) is 45.2 Å². The monoisotopic (exact) mass is 267 g/mol. The molecule has 0 radical (unpaired) electrons. The van der Waals surface area contributed by atoms with E-state index >= 15 is 0 Å². The zero-order valence-electron chi connectivity index (χ0n) is 11.3. The molecule has 1 amide bonds. The third-order valence-corrected chi connectivity index (χ3v) is 4.27. The summed E-state index contributed by atoms with van der Waals surface area (Å²) in [6.07, 6.45) is 2.24. The van der Waals surface area contributed by atoms with Gasteiger partial charge in [0, 0.05) is 12.4 Å². The molecular weight excluding hydrogens is 246 g/mol. The van der Waals surface area contributed by atoms with Crippen LogP contribution in [0.3, 0.4) is 0 Å². The van der Waals surface area contributed by atoms with Crippen molar-refractivity contribution in [3.63, 3.8) is 0 Å². The van der Waals surface area contributed by atoms with Gasteiger partial charge in [-0.2, -0.15) is 0 Å². The molecule has 18 heavy (non-hydrogen) atoms. The van der Waals surface area contributed by atoms with Crippen molar-refractivity contribution in [1.82, 2.24) is 15.2 Å². The quantitative estimate of drug-likeness (QED) is 0.909. The van der Waals surface area contributed by atoms with Crippen LogP contribution in [0, 0.1) is 5.41 Å². The van der Waals surface area contributed by atoms with Crippen LogP contribution in [0.25, 0.3) is 0 Å². The van der Waals surface area contributed by atoms with Crippen molar-refractivity contribution in [3.8, 4) is 0 Å². The summed E-state index contributed by atoms with van der Waals surface area (Å²) in [6, 6.07) is -0.0742. The Labute approximate surface area is 112 Å². The lowest BCUT2D eigenvalue weighted by molar-refractivity contribution is -0.136. The molecule has 1 aliphatic rings. The van der Waals surface area contributed by atoms with E-state index in [0.29, 0.717) is 6.54 Å². The number of aromatic nitrogens is 1. The Morgan fingerprint density at radius 2 is 2.44 bits per heavy atom. The van der Waals surface area contributed by atoms with E-state index in [-0.39, 0.29) is 17.4 Å². The molecule has 0 saturated carbocycles. The summed E-state index contributed by atoms with van der Waals surface area (Å²) in [5.41, 5.74) is 2.80. The third kappa shape index (κ3) is 2.90. The van der Waals surface area contributed by atoms with Crippen LogP contribution in [0.15, 0.2) is 10.9 Å². The normalized spacial score (nSPS) is 22.7. The Balaban J connectivity index is 2.01. The lowest BCUT2D eigenvalue weighted by Gasteiger charge is -2.40. The summed E-state index contributed by atoms with van der Waals surface area (Å²) in [7, 11) is 1.86. The second-order valence-electron chi connectivity index (χ2n) is 5.65. The first-order valence-corrected chi connectivity index (χ1v) is 7.30. The highest BCUT2D eigenvalue weighted by atomic mass is 32.1. The van der Waals surface area contributed by atoms with E-state index in [9.17, 15) is 4.79 Å². The molecule has 1 unspecified atom stereocenters. The maximum atomic E-state index is 12.5. The van der Waals surface area contributed by atoms with Crippen molar-refractivity contribution in [1.29, 1.82) is 0 Å². The van der Waals surface area contributed by atoms with Crippen molar-refractivity contribution in [3.05, 3.63) is 16.6 Å². The molecule has 2 rings (SSSR count). The van der Waals surface area contributed by atoms with Crippen molar-refractivity contribution in [2.24, 2.45) is 5.41 Å². The number of hydrogen-bond acceptors (Lipinski definition) is 4. The minimum Gasteiger partial charge on any atom is -0.338 e. The zero-order valence-corrected chi connectivity index (χ0v) is 12.1. The Kier molecular flexibility index (Phi) is 4.02. The fraction of sp³-hybridized carbons (Fsp3) is 0.692. The van der Waals surface area contributed by atoms with Crippen molar-refractivity contribution < 1.29 is 4.79 Å². The largest absolute Gasteiger partial charge is 0.338 e. The lowest BCUT2D eigenvalue weighted by atomic mass is 9.77. The van der Waals surface area contributed by atoms with Crippen molar-refractivity contribution in [2.45, 2.75) is 39.3 Å². The average molecular weight is 267 g/mol. The van der Waals surface area contributed by atoms with Crippen molar-refractivity contribution >= 4 is 17.2 Å². The van der Waals surface area contributed by atoms with E-state index in [1.807, 2.05) is 12.4 Å². The van der Waals surface area contributed by atoms with Gasteiger partial charge in [-0.05, 0) is 24.8 Å². The first kappa shape index (κ1) is 13.5. The predicted molar refractivity (Wildman–Crippen MR) is 73.4 cm³/mol. The number of thiazole rings is 1. The van der Waals surface area contributed by atoms with Gasteiger partial charge in [0.1, 0.15) is 0 Å². The van der Waals surface area contributed by atoms with Crippen LogP contribution >= 0.6 is 11.3 Å². The molecule has 1 N–H and O–H groups in total. The SMILES string of the molecule is CN(Cc1cscn1)C(=O)C1NCCCC1(C)C. The molecule has 1 atom stereocenters. The van der Waals surface area contributed by atoms with E-state index in [1.165, 1.54) is 0 Å². The highest BCUT2D eigenvalue weighted by Gasteiger charge is 2.38. The Morgan fingerprint density at radius 3 is 3.06 bits per heavy atom. The predicted octanol–water partition coefficient (Wildman–Crippen LogP) is 1.88. The Morgan fingerprint density at radius 1 is 1.67 bits per heavy atom. The van der Waals surface area contributed by atoms with Crippen molar-refractivity contribution in [2.75, 3.05) is 13.6 Å². The van der Waals surface area contributed by atoms with Gasteiger partial charge in [-0.15, -0.1) is 11.3 Å². The second kappa shape index (κ2) is 5.36. The van der Waals surface area contributed by atoms with Gasteiger partial charge in [0.05, 0.1) is 23.8 Å². The fourth-order valence-corrected chi connectivity index (χ4v) is 3.04. The molecule has 1 aromatic rings. The van der Waals surface area contributed by atoms with Crippen LogP contribution in [-0.2, 0) is 11.3 Å². The first-order valence-electron chi connectivity index (χ1n) is 6.36. The summed E-state index contributed by atoms with van der Waals surface area (Å²) < 4.78 is 0. The lowest BCUT2D eigenvalue weighted by Crippen LogP contribution is -2.55. The van der Waals surface area contributed by atoms with Gasteiger partial charge in [-0.3, -0.25) is 4.79 Å². The molecule has 0 bridgehead atoms. The Hall–Kier alpha value is -0.940. The van der Waals surface area contributed by atoms with Gasteiger partial charge in [0.25, 0.3) is 0 Å². The number of likely N-dealkylation sites (N-methyl/N-ethyl adjacent to an activating group) is 1. The number of amides is 1. The number of piperidine rings is 1. The summed E-state index contributed by atoms with van der Waals surface area (Å²) in [5, 5.41) is 5.35. The van der Waals surface area contributed by atoms with E-state index < -0.39 is 0 Å². The van der Waals surface area contributed by atoms with Crippen LogP contribution in [0.4, 0.5) is 0 Å². The van der Waals surface area contributed by atoms with Gasteiger partial charge in [0.15, 0.2) is 0 Å². The minimum atomic E-state index is -0.0742. The van der Waals surface area contributed by atoms with Crippen LogP contribution in [0.5, 0.6) is 0 Å². The van der Waals surface area contributed by atoms with Gasteiger partial charge in [-0.1, -0.05) is 13.8 Å². The number of hydrogen-bond donors (Lipinski definition) is 1. The van der Waals surface area contributed by atoms with Crippen LogP contribution in [-0.4, -0.2) is 35.4 Å². The molecule has 0 spiro atoms.